The van der Waals surface area contributed by atoms with Crippen molar-refractivity contribution in [2.45, 2.75) is 51.0 Å². The van der Waals surface area contributed by atoms with Crippen molar-refractivity contribution in [3.05, 3.63) is 35.9 Å². The second-order valence-electron chi connectivity index (χ2n) is 6.01. The van der Waals surface area contributed by atoms with Crippen LogP contribution in [0.3, 0.4) is 0 Å². The summed E-state index contributed by atoms with van der Waals surface area (Å²) in [6.45, 7) is 6.98. The van der Waals surface area contributed by atoms with Gasteiger partial charge in [0.25, 0.3) is 0 Å². The van der Waals surface area contributed by atoms with Crippen LogP contribution in [0.2, 0.25) is 0 Å². The molecular formula is C15H25NO. The largest absolute Gasteiger partial charge is 0.870 e. The Balaban J connectivity index is 0.00000144. The van der Waals surface area contributed by atoms with Crippen LogP contribution in [-0.4, -0.2) is 11.0 Å². The van der Waals surface area contributed by atoms with Crippen LogP contribution in [0.5, 0.6) is 0 Å². The summed E-state index contributed by atoms with van der Waals surface area (Å²) in [6.07, 6.45) is 3.97. The van der Waals surface area contributed by atoms with E-state index in [2.05, 4.69) is 56.8 Å². The Bertz CT molecular complexity index is 355. The standard InChI is InChI=1S/C15H23N.H2O/c1-12-8-7-11-15(12,14(2,3)16)13-9-5-4-6-10-13;/h4-6,9-10,12H,7-8,11,16H2,1-3H3;1H2. The van der Waals surface area contributed by atoms with Crippen LogP contribution >= 0.6 is 0 Å². The Morgan fingerprint density at radius 1 is 1.24 bits per heavy atom. The van der Waals surface area contributed by atoms with Crippen molar-refractivity contribution in [2.24, 2.45) is 5.92 Å². The first-order chi connectivity index (χ1) is 7.48. The van der Waals surface area contributed by atoms with E-state index in [1.807, 2.05) is 0 Å². The summed E-state index contributed by atoms with van der Waals surface area (Å²) in [5, 5.41) is 0. The molecule has 96 valence electrons. The maximum atomic E-state index is 4.45. The molecule has 1 saturated carbocycles. The van der Waals surface area contributed by atoms with Crippen molar-refractivity contribution < 1.29 is 11.2 Å². The van der Waals surface area contributed by atoms with Gasteiger partial charge in [0.05, 0.1) is 11.0 Å². The normalized spacial score (nSPS) is 28.8. The highest BCUT2D eigenvalue weighted by molar-refractivity contribution is 5.31. The van der Waals surface area contributed by atoms with Crippen molar-refractivity contribution in [1.29, 1.82) is 0 Å². The van der Waals surface area contributed by atoms with Gasteiger partial charge < -0.3 is 11.2 Å². The monoisotopic (exact) mass is 235 g/mol. The fourth-order valence-corrected chi connectivity index (χ4v) is 3.74. The molecule has 0 aromatic heterocycles. The van der Waals surface area contributed by atoms with Gasteiger partial charge in [-0.3, -0.25) is 0 Å². The number of quaternary nitrogens is 1. The molecule has 17 heavy (non-hydrogen) atoms. The highest BCUT2D eigenvalue weighted by Gasteiger charge is 2.53. The summed E-state index contributed by atoms with van der Waals surface area (Å²) in [6, 6.07) is 11.0. The molecule has 0 radical (unpaired) electrons. The van der Waals surface area contributed by atoms with Gasteiger partial charge in [-0.15, -0.1) is 0 Å². The third kappa shape index (κ3) is 2.12. The first-order valence-corrected chi connectivity index (χ1v) is 6.39. The summed E-state index contributed by atoms with van der Waals surface area (Å²) < 4.78 is 0. The fraction of sp³-hybridized carbons (Fsp3) is 0.600. The Morgan fingerprint density at radius 3 is 2.24 bits per heavy atom. The fourth-order valence-electron chi connectivity index (χ4n) is 3.74. The summed E-state index contributed by atoms with van der Waals surface area (Å²) in [7, 11) is 0. The highest BCUT2D eigenvalue weighted by Crippen LogP contribution is 2.50. The van der Waals surface area contributed by atoms with Gasteiger partial charge in [0.1, 0.15) is 0 Å². The zero-order valence-electron chi connectivity index (χ0n) is 11.2. The third-order valence-electron chi connectivity index (χ3n) is 4.55. The number of rotatable bonds is 2. The van der Waals surface area contributed by atoms with E-state index in [-0.39, 0.29) is 16.4 Å². The van der Waals surface area contributed by atoms with Crippen LogP contribution in [0.25, 0.3) is 0 Å². The lowest BCUT2D eigenvalue weighted by Gasteiger charge is -2.43. The Labute approximate surface area is 105 Å². The zero-order valence-corrected chi connectivity index (χ0v) is 11.2. The van der Waals surface area contributed by atoms with Crippen LogP contribution in [0.15, 0.2) is 30.3 Å². The van der Waals surface area contributed by atoms with Crippen molar-refractivity contribution in [2.75, 3.05) is 0 Å². The zero-order chi connectivity index (χ0) is 11.8. The minimum absolute atomic E-state index is 0. The van der Waals surface area contributed by atoms with E-state index >= 15 is 0 Å². The first-order valence-electron chi connectivity index (χ1n) is 6.39. The topological polar surface area (TPSA) is 57.6 Å². The summed E-state index contributed by atoms with van der Waals surface area (Å²) >= 11 is 0. The van der Waals surface area contributed by atoms with Gasteiger partial charge in [0, 0.05) is 0 Å². The lowest BCUT2D eigenvalue weighted by atomic mass is 9.62. The smallest absolute Gasteiger partial charge is 0.0989 e. The van der Waals surface area contributed by atoms with E-state index in [0.717, 1.165) is 5.92 Å². The molecule has 1 aromatic rings. The van der Waals surface area contributed by atoms with Crippen LogP contribution in [0.1, 0.15) is 45.6 Å². The van der Waals surface area contributed by atoms with Crippen molar-refractivity contribution >= 4 is 0 Å². The van der Waals surface area contributed by atoms with E-state index in [1.165, 1.54) is 24.8 Å². The van der Waals surface area contributed by atoms with Crippen LogP contribution < -0.4 is 5.73 Å². The molecule has 1 aromatic carbocycles. The molecule has 2 heteroatoms. The Hall–Kier alpha value is -0.860. The second-order valence-corrected chi connectivity index (χ2v) is 6.01. The van der Waals surface area contributed by atoms with Gasteiger partial charge in [-0.1, -0.05) is 43.7 Å². The number of benzene rings is 1. The van der Waals surface area contributed by atoms with Gasteiger partial charge in [-0.2, -0.15) is 0 Å². The van der Waals surface area contributed by atoms with Gasteiger partial charge in [-0.25, -0.2) is 0 Å². The van der Waals surface area contributed by atoms with Crippen molar-refractivity contribution in [1.82, 2.24) is 0 Å². The van der Waals surface area contributed by atoms with Gasteiger partial charge in [-0.05, 0) is 38.2 Å². The van der Waals surface area contributed by atoms with E-state index in [0.29, 0.717) is 0 Å². The van der Waals surface area contributed by atoms with E-state index in [1.54, 1.807) is 0 Å². The molecule has 0 saturated heterocycles. The molecule has 1 fully saturated rings. The molecule has 0 heterocycles. The predicted molar refractivity (Wildman–Crippen MR) is 70.0 cm³/mol. The van der Waals surface area contributed by atoms with Gasteiger partial charge in [0.15, 0.2) is 0 Å². The first kappa shape index (κ1) is 14.2. The molecule has 2 nitrogen and oxygen atoms in total. The van der Waals surface area contributed by atoms with Gasteiger partial charge in [0.2, 0.25) is 0 Å². The maximum Gasteiger partial charge on any atom is 0.0989 e. The lowest BCUT2D eigenvalue weighted by molar-refractivity contribution is -0.487. The van der Waals surface area contributed by atoms with Crippen molar-refractivity contribution in [3.63, 3.8) is 0 Å². The Kier molecular flexibility index (Phi) is 4.00. The molecule has 0 aliphatic heterocycles. The molecule has 2 atom stereocenters. The molecule has 4 N–H and O–H groups in total. The summed E-state index contributed by atoms with van der Waals surface area (Å²) in [4.78, 5) is 0. The molecule has 2 rings (SSSR count). The molecule has 1 aliphatic carbocycles. The summed E-state index contributed by atoms with van der Waals surface area (Å²) in [5.41, 5.74) is 6.31. The minimum Gasteiger partial charge on any atom is -0.870 e. The highest BCUT2D eigenvalue weighted by atomic mass is 16.0. The molecule has 2 unspecified atom stereocenters. The molecule has 0 spiro atoms. The quantitative estimate of drug-likeness (QED) is 0.841. The van der Waals surface area contributed by atoms with E-state index < -0.39 is 0 Å². The van der Waals surface area contributed by atoms with Crippen LogP contribution in [0.4, 0.5) is 0 Å². The average Bonchev–Trinajstić information content (AvgIpc) is 2.61. The predicted octanol–water partition coefficient (Wildman–Crippen LogP) is 2.59. The van der Waals surface area contributed by atoms with Gasteiger partial charge >= 0.3 is 0 Å². The van der Waals surface area contributed by atoms with Crippen molar-refractivity contribution in [3.8, 4) is 0 Å². The van der Waals surface area contributed by atoms with E-state index in [4.69, 9.17) is 0 Å². The second kappa shape index (κ2) is 4.79. The maximum absolute atomic E-state index is 4.45. The Morgan fingerprint density at radius 2 is 1.82 bits per heavy atom. The molecular weight excluding hydrogens is 210 g/mol. The molecule has 0 bridgehead atoms. The minimum atomic E-state index is 0. The number of hydrogen-bond donors (Lipinski definition) is 1. The average molecular weight is 235 g/mol. The third-order valence-corrected chi connectivity index (χ3v) is 4.55. The molecule has 0 amide bonds. The SMILES string of the molecule is CC1CCCC1(c1ccccc1)C(C)(C)[NH3+].[OH-]. The van der Waals surface area contributed by atoms with Crippen LogP contribution in [-0.2, 0) is 5.41 Å². The van der Waals surface area contributed by atoms with Crippen LogP contribution in [0, 0.1) is 5.92 Å². The molecule has 1 aliphatic rings. The summed E-state index contributed by atoms with van der Waals surface area (Å²) in [5.74, 6) is 0.738. The lowest BCUT2D eigenvalue weighted by Crippen LogP contribution is -2.78. The van der Waals surface area contributed by atoms with E-state index in [9.17, 15) is 0 Å². The number of hydrogen-bond acceptors (Lipinski definition) is 1.